The van der Waals surface area contributed by atoms with Gasteiger partial charge >= 0.3 is 0 Å². The zero-order chi connectivity index (χ0) is 11.4. The Bertz CT molecular complexity index is 297. The Morgan fingerprint density at radius 3 is 2.94 bits per heavy atom. The molecular weight excluding hydrogens is 216 g/mol. The molecule has 3 heteroatoms. The van der Waals surface area contributed by atoms with E-state index >= 15 is 0 Å². The van der Waals surface area contributed by atoms with Crippen molar-refractivity contribution in [3.8, 4) is 0 Å². The van der Waals surface area contributed by atoms with Crippen molar-refractivity contribution in [3.63, 3.8) is 0 Å². The lowest BCUT2D eigenvalue weighted by atomic mass is 9.99. The maximum absolute atomic E-state index is 3.53. The van der Waals surface area contributed by atoms with Gasteiger partial charge in [-0.2, -0.15) is 0 Å². The first-order chi connectivity index (χ1) is 7.85. The fourth-order valence-corrected chi connectivity index (χ4v) is 3.36. The highest BCUT2D eigenvalue weighted by Gasteiger charge is 2.29. The number of nitrogens with one attached hydrogen (secondary N) is 1. The van der Waals surface area contributed by atoms with Crippen molar-refractivity contribution in [2.75, 3.05) is 19.6 Å². The van der Waals surface area contributed by atoms with Crippen molar-refractivity contribution >= 4 is 11.3 Å². The van der Waals surface area contributed by atoms with Crippen LogP contribution in [0.5, 0.6) is 0 Å². The van der Waals surface area contributed by atoms with Crippen LogP contribution < -0.4 is 5.32 Å². The van der Waals surface area contributed by atoms with Crippen LogP contribution in [0.3, 0.4) is 0 Å². The fourth-order valence-electron chi connectivity index (χ4n) is 2.63. The third-order valence-electron chi connectivity index (χ3n) is 3.64. The second-order valence-electron chi connectivity index (χ2n) is 4.54. The lowest BCUT2D eigenvalue weighted by Gasteiger charge is -2.30. The van der Waals surface area contributed by atoms with Crippen molar-refractivity contribution in [1.82, 2.24) is 10.2 Å². The zero-order valence-electron chi connectivity index (χ0n) is 10.3. The first-order valence-corrected chi connectivity index (χ1v) is 7.20. The second kappa shape index (κ2) is 5.80. The molecule has 1 aliphatic rings. The monoisotopic (exact) mass is 238 g/mol. The van der Waals surface area contributed by atoms with E-state index in [4.69, 9.17) is 0 Å². The Labute approximate surface area is 103 Å². The molecule has 0 aliphatic carbocycles. The average Bonchev–Trinajstić information content (AvgIpc) is 2.96. The minimum Gasteiger partial charge on any atom is -0.315 e. The Balaban J connectivity index is 1.98. The highest BCUT2D eigenvalue weighted by molar-refractivity contribution is 7.09. The Hall–Kier alpha value is -0.380. The molecule has 0 radical (unpaired) electrons. The first kappa shape index (κ1) is 12.1. The average molecular weight is 238 g/mol. The summed E-state index contributed by atoms with van der Waals surface area (Å²) < 4.78 is 0. The van der Waals surface area contributed by atoms with E-state index in [1.54, 1.807) is 0 Å². The van der Waals surface area contributed by atoms with Crippen molar-refractivity contribution in [1.29, 1.82) is 0 Å². The largest absolute Gasteiger partial charge is 0.315 e. The van der Waals surface area contributed by atoms with Crippen molar-refractivity contribution < 1.29 is 0 Å². The zero-order valence-corrected chi connectivity index (χ0v) is 11.1. The van der Waals surface area contributed by atoms with Crippen molar-refractivity contribution in [2.24, 2.45) is 5.92 Å². The van der Waals surface area contributed by atoms with Gasteiger partial charge in [0.05, 0.1) is 0 Å². The van der Waals surface area contributed by atoms with Gasteiger partial charge in [-0.1, -0.05) is 26.3 Å². The van der Waals surface area contributed by atoms with Crippen LogP contribution in [0, 0.1) is 5.92 Å². The van der Waals surface area contributed by atoms with Crippen LogP contribution in [0.1, 0.15) is 25.1 Å². The number of likely N-dealkylation sites (N-methyl/N-ethyl adjacent to an activating group) is 1. The molecule has 2 atom stereocenters. The lowest BCUT2D eigenvalue weighted by molar-refractivity contribution is 0.171. The molecular formula is C13H22N2S. The summed E-state index contributed by atoms with van der Waals surface area (Å²) in [5, 5.41) is 5.70. The molecule has 0 bridgehead atoms. The number of nitrogens with zero attached hydrogens (tertiary/aromatic N) is 1. The van der Waals surface area contributed by atoms with Gasteiger partial charge in [-0.25, -0.2) is 0 Å². The second-order valence-corrected chi connectivity index (χ2v) is 5.57. The molecule has 1 N–H and O–H groups in total. The summed E-state index contributed by atoms with van der Waals surface area (Å²) in [5.41, 5.74) is 0. The number of thiophene rings is 1. The van der Waals surface area contributed by atoms with Gasteiger partial charge in [0.2, 0.25) is 0 Å². The van der Waals surface area contributed by atoms with Crippen LogP contribution >= 0.6 is 11.3 Å². The molecule has 1 saturated heterocycles. The number of hydrogen-bond donors (Lipinski definition) is 1. The predicted molar refractivity (Wildman–Crippen MR) is 70.8 cm³/mol. The van der Waals surface area contributed by atoms with Gasteiger partial charge in [-0.3, -0.25) is 4.90 Å². The van der Waals surface area contributed by atoms with Gasteiger partial charge in [-0.05, 0) is 30.5 Å². The van der Waals surface area contributed by atoms with Gasteiger partial charge in [0.1, 0.15) is 0 Å². The quantitative estimate of drug-likeness (QED) is 0.848. The maximum Gasteiger partial charge on any atom is 0.0331 e. The Morgan fingerprint density at radius 1 is 1.44 bits per heavy atom. The molecule has 2 heterocycles. The third-order valence-corrected chi connectivity index (χ3v) is 4.50. The van der Waals surface area contributed by atoms with Gasteiger partial charge in [-0.15, -0.1) is 11.3 Å². The molecule has 0 saturated carbocycles. The highest BCUT2D eigenvalue weighted by Crippen LogP contribution is 2.22. The molecule has 2 nitrogen and oxygen atoms in total. The van der Waals surface area contributed by atoms with Gasteiger partial charge < -0.3 is 5.32 Å². The third kappa shape index (κ3) is 2.65. The van der Waals surface area contributed by atoms with E-state index in [2.05, 4.69) is 41.6 Å². The molecule has 16 heavy (non-hydrogen) atoms. The van der Waals surface area contributed by atoms with Gasteiger partial charge in [0.15, 0.2) is 0 Å². The molecule has 1 aromatic rings. The lowest BCUT2D eigenvalue weighted by Crippen LogP contribution is -2.39. The first-order valence-electron chi connectivity index (χ1n) is 6.32. The predicted octanol–water partition coefficient (Wildman–Crippen LogP) is 2.57. The Morgan fingerprint density at radius 2 is 2.31 bits per heavy atom. The molecule has 1 fully saturated rings. The molecule has 1 aliphatic heterocycles. The normalized spacial score (nSPS) is 25.4. The van der Waals surface area contributed by atoms with E-state index < -0.39 is 0 Å². The standard InChI is InChI=1S/C13H22N2S/c1-3-11-8-14-9-13(11)15(4-2)10-12-6-5-7-16-12/h5-7,11,13-14H,3-4,8-10H2,1-2H3. The topological polar surface area (TPSA) is 15.3 Å². The van der Waals surface area contributed by atoms with Crippen LogP contribution in [0.4, 0.5) is 0 Å². The van der Waals surface area contributed by atoms with Crippen LogP contribution in [-0.4, -0.2) is 30.6 Å². The fraction of sp³-hybridized carbons (Fsp3) is 0.692. The summed E-state index contributed by atoms with van der Waals surface area (Å²) in [4.78, 5) is 4.11. The van der Waals surface area contributed by atoms with E-state index in [0.29, 0.717) is 0 Å². The van der Waals surface area contributed by atoms with Crippen molar-refractivity contribution in [3.05, 3.63) is 22.4 Å². The molecule has 0 spiro atoms. The van der Waals surface area contributed by atoms with E-state index in [1.165, 1.54) is 17.8 Å². The molecule has 0 aromatic carbocycles. The minimum absolute atomic E-state index is 0.733. The molecule has 2 unspecified atom stereocenters. The number of rotatable bonds is 5. The van der Waals surface area contributed by atoms with E-state index in [9.17, 15) is 0 Å². The summed E-state index contributed by atoms with van der Waals surface area (Å²) >= 11 is 1.87. The molecule has 0 amide bonds. The van der Waals surface area contributed by atoms with Crippen LogP contribution in [0.2, 0.25) is 0 Å². The van der Waals surface area contributed by atoms with Crippen molar-refractivity contribution in [2.45, 2.75) is 32.9 Å². The van der Waals surface area contributed by atoms with E-state index in [-0.39, 0.29) is 0 Å². The highest BCUT2D eigenvalue weighted by atomic mass is 32.1. The molecule has 90 valence electrons. The van der Waals surface area contributed by atoms with Gasteiger partial charge in [0, 0.05) is 24.0 Å². The van der Waals surface area contributed by atoms with Crippen LogP contribution in [0.15, 0.2) is 17.5 Å². The Kier molecular flexibility index (Phi) is 4.38. The SMILES string of the molecule is CCC1CNCC1N(CC)Cc1cccs1. The molecule has 1 aromatic heterocycles. The maximum atomic E-state index is 3.53. The minimum atomic E-state index is 0.733. The smallest absolute Gasteiger partial charge is 0.0331 e. The number of hydrogen-bond acceptors (Lipinski definition) is 3. The summed E-state index contributed by atoms with van der Waals surface area (Å²) in [7, 11) is 0. The molecule has 2 rings (SSSR count). The van der Waals surface area contributed by atoms with Crippen LogP contribution in [-0.2, 0) is 6.54 Å². The van der Waals surface area contributed by atoms with Gasteiger partial charge in [0.25, 0.3) is 0 Å². The summed E-state index contributed by atoms with van der Waals surface area (Å²) in [6, 6.07) is 5.13. The summed E-state index contributed by atoms with van der Waals surface area (Å²) in [6.07, 6.45) is 1.29. The summed E-state index contributed by atoms with van der Waals surface area (Å²) in [6.45, 7) is 9.22. The van der Waals surface area contributed by atoms with E-state index in [1.807, 2.05) is 11.3 Å². The van der Waals surface area contributed by atoms with E-state index in [0.717, 1.165) is 31.6 Å². The van der Waals surface area contributed by atoms with Crippen LogP contribution in [0.25, 0.3) is 0 Å². The summed E-state index contributed by atoms with van der Waals surface area (Å²) in [5.74, 6) is 0.833.